The van der Waals surface area contributed by atoms with Gasteiger partial charge in [0.05, 0.1) is 12.8 Å². The maximum Gasteiger partial charge on any atom is 0.303 e. The van der Waals surface area contributed by atoms with E-state index in [4.69, 9.17) is 15.6 Å². The summed E-state index contributed by atoms with van der Waals surface area (Å²) in [6, 6.07) is 0. The molecule has 1 fully saturated rings. The largest absolute Gasteiger partial charge is 0.481 e. The summed E-state index contributed by atoms with van der Waals surface area (Å²) in [6.45, 7) is 0. The van der Waals surface area contributed by atoms with Crippen LogP contribution in [0.25, 0.3) is 0 Å². The Labute approximate surface area is 98.8 Å². The SMILES string of the molecule is COc1nc(N)nc(C2CC2)c1CCC(=O)O. The molecule has 0 amide bonds. The molecule has 2 rings (SSSR count). The predicted molar refractivity (Wildman–Crippen MR) is 60.9 cm³/mol. The number of carbonyl (C=O) groups is 1. The summed E-state index contributed by atoms with van der Waals surface area (Å²) in [5, 5.41) is 8.73. The number of hydrogen-bond acceptors (Lipinski definition) is 5. The summed E-state index contributed by atoms with van der Waals surface area (Å²) in [5.41, 5.74) is 7.25. The Morgan fingerprint density at radius 3 is 2.76 bits per heavy atom. The Balaban J connectivity index is 2.33. The van der Waals surface area contributed by atoms with Gasteiger partial charge in [0.1, 0.15) is 0 Å². The van der Waals surface area contributed by atoms with E-state index in [1.54, 1.807) is 0 Å². The average Bonchev–Trinajstić information content (AvgIpc) is 3.09. The van der Waals surface area contributed by atoms with Crippen LogP contribution in [0, 0.1) is 0 Å². The third-order valence-electron chi connectivity index (χ3n) is 2.76. The molecule has 1 saturated carbocycles. The van der Waals surface area contributed by atoms with E-state index < -0.39 is 5.97 Å². The Kier molecular flexibility index (Phi) is 3.12. The van der Waals surface area contributed by atoms with Crippen LogP contribution in [-0.4, -0.2) is 28.2 Å². The highest BCUT2D eigenvalue weighted by molar-refractivity contribution is 5.67. The van der Waals surface area contributed by atoms with Crippen molar-refractivity contribution >= 4 is 11.9 Å². The first-order valence-electron chi connectivity index (χ1n) is 5.54. The topological polar surface area (TPSA) is 98.3 Å². The lowest BCUT2D eigenvalue weighted by Crippen LogP contribution is -2.09. The molecule has 0 atom stereocenters. The molecule has 0 spiro atoms. The number of anilines is 1. The first-order chi connectivity index (χ1) is 8.11. The van der Waals surface area contributed by atoms with E-state index in [1.165, 1.54) is 7.11 Å². The Bertz CT molecular complexity index is 444. The smallest absolute Gasteiger partial charge is 0.303 e. The standard InChI is InChI=1S/C11H15N3O3/c1-17-10-7(4-5-8(15)16)9(6-2-3-6)13-11(12)14-10/h6H,2-5H2,1H3,(H,15,16)(H2,12,13,14). The lowest BCUT2D eigenvalue weighted by atomic mass is 10.1. The third kappa shape index (κ3) is 2.64. The van der Waals surface area contributed by atoms with Gasteiger partial charge in [0.15, 0.2) is 0 Å². The first-order valence-corrected chi connectivity index (χ1v) is 5.54. The minimum atomic E-state index is -0.842. The van der Waals surface area contributed by atoms with Crippen LogP contribution < -0.4 is 10.5 Å². The molecule has 1 heterocycles. The summed E-state index contributed by atoms with van der Waals surface area (Å²) in [7, 11) is 1.50. The molecule has 1 aromatic heterocycles. The fourth-order valence-electron chi connectivity index (χ4n) is 1.83. The molecule has 0 aromatic carbocycles. The molecule has 17 heavy (non-hydrogen) atoms. The average molecular weight is 237 g/mol. The van der Waals surface area contributed by atoms with Gasteiger partial charge in [-0.1, -0.05) is 0 Å². The quantitative estimate of drug-likeness (QED) is 0.791. The minimum absolute atomic E-state index is 0.0450. The number of ether oxygens (including phenoxy) is 1. The van der Waals surface area contributed by atoms with Crippen molar-refractivity contribution < 1.29 is 14.6 Å². The molecule has 6 nitrogen and oxygen atoms in total. The summed E-state index contributed by atoms with van der Waals surface area (Å²) < 4.78 is 5.15. The second kappa shape index (κ2) is 4.57. The number of aromatic nitrogens is 2. The lowest BCUT2D eigenvalue weighted by Gasteiger charge is -2.11. The Morgan fingerprint density at radius 2 is 2.24 bits per heavy atom. The van der Waals surface area contributed by atoms with Crippen LogP contribution in [0.5, 0.6) is 5.88 Å². The van der Waals surface area contributed by atoms with Gasteiger partial charge >= 0.3 is 5.97 Å². The van der Waals surface area contributed by atoms with Gasteiger partial charge in [-0.05, 0) is 19.3 Å². The van der Waals surface area contributed by atoms with E-state index in [1.807, 2.05) is 0 Å². The number of carboxylic acids is 1. The summed E-state index contributed by atoms with van der Waals surface area (Å²) >= 11 is 0. The van der Waals surface area contributed by atoms with Crippen LogP contribution in [-0.2, 0) is 11.2 Å². The maximum absolute atomic E-state index is 10.6. The fourth-order valence-corrected chi connectivity index (χ4v) is 1.83. The van der Waals surface area contributed by atoms with Gasteiger partial charge in [-0.15, -0.1) is 0 Å². The van der Waals surface area contributed by atoms with Gasteiger partial charge in [0, 0.05) is 17.9 Å². The summed E-state index contributed by atoms with van der Waals surface area (Å²) in [6.07, 6.45) is 2.56. The Morgan fingerprint density at radius 1 is 1.53 bits per heavy atom. The molecule has 0 unspecified atom stereocenters. The molecule has 6 heteroatoms. The number of nitrogen functional groups attached to an aromatic ring is 1. The van der Waals surface area contributed by atoms with Crippen LogP contribution >= 0.6 is 0 Å². The molecule has 92 valence electrons. The van der Waals surface area contributed by atoms with Gasteiger partial charge < -0.3 is 15.6 Å². The summed E-state index contributed by atoms with van der Waals surface area (Å²) in [5.74, 6) is 0.132. The van der Waals surface area contributed by atoms with Crippen LogP contribution in [0.15, 0.2) is 0 Å². The van der Waals surface area contributed by atoms with Gasteiger partial charge in [-0.25, -0.2) is 4.98 Å². The van der Waals surface area contributed by atoms with Crippen molar-refractivity contribution in [3.8, 4) is 5.88 Å². The molecule has 3 N–H and O–H groups in total. The van der Waals surface area contributed by atoms with Gasteiger partial charge in [-0.2, -0.15) is 4.98 Å². The number of aliphatic carboxylic acids is 1. The Hall–Kier alpha value is -1.85. The first kappa shape index (κ1) is 11.6. The van der Waals surface area contributed by atoms with Crippen molar-refractivity contribution in [3.05, 3.63) is 11.3 Å². The highest BCUT2D eigenvalue weighted by Gasteiger charge is 2.30. The monoisotopic (exact) mass is 237 g/mol. The molecular formula is C11H15N3O3. The number of nitrogens with zero attached hydrogens (tertiary/aromatic N) is 2. The maximum atomic E-state index is 10.6. The van der Waals surface area contributed by atoms with Crippen LogP contribution in [0.3, 0.4) is 0 Å². The molecule has 0 aliphatic heterocycles. The van der Waals surface area contributed by atoms with Crippen LogP contribution in [0.4, 0.5) is 5.95 Å². The van der Waals surface area contributed by atoms with Crippen molar-refractivity contribution in [2.75, 3.05) is 12.8 Å². The molecule has 0 saturated heterocycles. The van der Waals surface area contributed by atoms with E-state index in [0.717, 1.165) is 24.1 Å². The van der Waals surface area contributed by atoms with Gasteiger partial charge in [0.25, 0.3) is 0 Å². The van der Waals surface area contributed by atoms with E-state index in [2.05, 4.69) is 9.97 Å². The highest BCUT2D eigenvalue weighted by atomic mass is 16.5. The molecular weight excluding hydrogens is 222 g/mol. The van der Waals surface area contributed by atoms with Crippen molar-refractivity contribution in [2.24, 2.45) is 0 Å². The van der Waals surface area contributed by atoms with Gasteiger partial charge in [0.2, 0.25) is 11.8 Å². The van der Waals surface area contributed by atoms with Gasteiger partial charge in [-0.3, -0.25) is 4.79 Å². The normalized spacial score (nSPS) is 14.6. The zero-order valence-electron chi connectivity index (χ0n) is 9.64. The van der Waals surface area contributed by atoms with Crippen molar-refractivity contribution in [2.45, 2.75) is 31.6 Å². The number of nitrogens with two attached hydrogens (primary N) is 1. The summed E-state index contributed by atoms with van der Waals surface area (Å²) in [4.78, 5) is 18.8. The zero-order chi connectivity index (χ0) is 12.4. The van der Waals surface area contributed by atoms with E-state index in [-0.39, 0.29) is 12.4 Å². The number of carboxylic acid groups (broad SMARTS) is 1. The van der Waals surface area contributed by atoms with E-state index >= 15 is 0 Å². The van der Waals surface area contributed by atoms with Crippen molar-refractivity contribution in [1.82, 2.24) is 9.97 Å². The van der Waals surface area contributed by atoms with E-state index in [9.17, 15) is 4.79 Å². The minimum Gasteiger partial charge on any atom is -0.481 e. The third-order valence-corrected chi connectivity index (χ3v) is 2.76. The lowest BCUT2D eigenvalue weighted by molar-refractivity contribution is -0.136. The van der Waals surface area contributed by atoms with E-state index in [0.29, 0.717) is 18.2 Å². The molecule has 1 aromatic rings. The second-order valence-corrected chi connectivity index (χ2v) is 4.12. The van der Waals surface area contributed by atoms with Crippen LogP contribution in [0.2, 0.25) is 0 Å². The predicted octanol–water partition coefficient (Wildman–Crippen LogP) is 0.962. The zero-order valence-corrected chi connectivity index (χ0v) is 9.64. The number of hydrogen-bond donors (Lipinski definition) is 2. The number of methoxy groups -OCH3 is 1. The van der Waals surface area contributed by atoms with Crippen molar-refractivity contribution in [3.63, 3.8) is 0 Å². The molecule has 1 aliphatic carbocycles. The highest BCUT2D eigenvalue weighted by Crippen LogP contribution is 2.42. The molecule has 0 radical (unpaired) electrons. The van der Waals surface area contributed by atoms with Crippen molar-refractivity contribution in [1.29, 1.82) is 0 Å². The number of rotatable bonds is 5. The fraction of sp³-hybridized carbons (Fsp3) is 0.545. The molecule has 0 bridgehead atoms. The second-order valence-electron chi connectivity index (χ2n) is 4.12. The molecule has 1 aliphatic rings. The van der Waals surface area contributed by atoms with Crippen LogP contribution in [0.1, 0.15) is 36.4 Å².